The molecule has 0 aliphatic heterocycles. The predicted octanol–water partition coefficient (Wildman–Crippen LogP) is 5.83. The van der Waals surface area contributed by atoms with Crippen LogP contribution in [0.25, 0.3) is 21.5 Å². The molecule has 0 atom stereocenters. The molecule has 1 amide bonds. The van der Waals surface area contributed by atoms with Gasteiger partial charge in [0.15, 0.2) is 0 Å². The van der Waals surface area contributed by atoms with Gasteiger partial charge in [-0.25, -0.2) is 4.98 Å². The summed E-state index contributed by atoms with van der Waals surface area (Å²) in [6.07, 6.45) is 0. The van der Waals surface area contributed by atoms with E-state index in [0.29, 0.717) is 34.5 Å². The number of nitrogens with one attached hydrogen (secondary N) is 1. The van der Waals surface area contributed by atoms with Gasteiger partial charge >= 0.3 is 0 Å². The van der Waals surface area contributed by atoms with E-state index in [1.165, 1.54) is 12.1 Å². The molecule has 156 valence electrons. The van der Waals surface area contributed by atoms with Crippen molar-refractivity contribution >= 4 is 39.5 Å². The van der Waals surface area contributed by atoms with Crippen LogP contribution in [0.4, 0.5) is 11.4 Å². The van der Waals surface area contributed by atoms with E-state index in [-0.39, 0.29) is 11.4 Å². The fraction of sp³-hybridized carbons (Fsp3) is 0.130. The molecule has 2 aromatic heterocycles. The molecule has 0 saturated carbocycles. The lowest BCUT2D eigenvalue weighted by Crippen LogP contribution is -2.14. The number of carbonyl (C=O) groups is 1. The van der Waals surface area contributed by atoms with E-state index < -0.39 is 10.8 Å². The highest BCUT2D eigenvalue weighted by Gasteiger charge is 2.20. The number of benzene rings is 2. The molecule has 0 unspecified atom stereocenters. The average molecular weight is 433 g/mol. The third-order valence-electron chi connectivity index (χ3n) is 4.68. The Labute approximate surface area is 182 Å². The Morgan fingerprint density at radius 1 is 1.16 bits per heavy atom. The number of carbonyl (C=O) groups excluding carboxylic acids is 1. The minimum absolute atomic E-state index is 0.105. The molecule has 2 aromatic carbocycles. The number of rotatable bonds is 6. The summed E-state index contributed by atoms with van der Waals surface area (Å²) in [4.78, 5) is 31.0. The highest BCUT2D eigenvalue weighted by Crippen LogP contribution is 2.32. The van der Waals surface area contributed by atoms with E-state index in [1.54, 1.807) is 30.4 Å². The molecule has 4 aromatic rings. The average Bonchev–Trinajstić information content (AvgIpc) is 3.20. The third-order valence-corrected chi connectivity index (χ3v) is 5.70. The summed E-state index contributed by atoms with van der Waals surface area (Å²) in [6.45, 7) is 4.19. The first-order chi connectivity index (χ1) is 15.0. The molecule has 0 bridgehead atoms. The number of para-hydroxylation sites is 1. The Hall–Kier alpha value is -3.78. The Balaban J connectivity index is 1.77. The standard InChI is InChI=1S/C23H19N3O4S/c1-3-30-15-9-10-19(21(12-15)26(28)29)25-23(27)17-13-20(22-11-8-14(2)31-22)24-18-7-5-4-6-16(17)18/h4-13H,3H2,1-2H3,(H,25,27). The monoisotopic (exact) mass is 433 g/mol. The zero-order chi connectivity index (χ0) is 22.0. The van der Waals surface area contributed by atoms with Crippen LogP contribution >= 0.6 is 11.3 Å². The molecule has 4 rings (SSSR count). The van der Waals surface area contributed by atoms with Crippen molar-refractivity contribution in [1.29, 1.82) is 0 Å². The van der Waals surface area contributed by atoms with Gasteiger partial charge < -0.3 is 10.1 Å². The van der Waals surface area contributed by atoms with Crippen LogP contribution in [0.15, 0.2) is 60.7 Å². The second-order valence-corrected chi connectivity index (χ2v) is 8.09. The first-order valence-electron chi connectivity index (χ1n) is 9.65. The largest absolute Gasteiger partial charge is 0.494 e. The first kappa shape index (κ1) is 20.5. The van der Waals surface area contributed by atoms with Crippen molar-refractivity contribution in [2.45, 2.75) is 13.8 Å². The zero-order valence-electron chi connectivity index (χ0n) is 16.9. The normalized spacial score (nSPS) is 10.8. The summed E-state index contributed by atoms with van der Waals surface area (Å²) in [6, 6.07) is 17.4. The molecule has 7 nitrogen and oxygen atoms in total. The second kappa shape index (κ2) is 8.53. The lowest BCUT2D eigenvalue weighted by molar-refractivity contribution is -0.384. The number of aryl methyl sites for hydroxylation is 1. The third kappa shape index (κ3) is 4.24. The number of nitro benzene ring substituents is 1. The maximum Gasteiger partial charge on any atom is 0.296 e. The number of amides is 1. The molecule has 0 aliphatic carbocycles. The molecule has 1 N–H and O–H groups in total. The number of hydrogen-bond donors (Lipinski definition) is 1. The van der Waals surface area contributed by atoms with Gasteiger partial charge in [-0.15, -0.1) is 11.3 Å². The van der Waals surface area contributed by atoms with Gasteiger partial charge in [-0.2, -0.15) is 0 Å². The number of nitrogens with zero attached hydrogens (tertiary/aromatic N) is 2. The Morgan fingerprint density at radius 3 is 2.68 bits per heavy atom. The minimum atomic E-state index is -0.539. The molecule has 8 heteroatoms. The molecule has 0 spiro atoms. The van der Waals surface area contributed by atoms with Crippen molar-refractivity contribution in [1.82, 2.24) is 4.98 Å². The number of nitro groups is 1. The van der Waals surface area contributed by atoms with E-state index in [0.717, 1.165) is 9.75 Å². The summed E-state index contributed by atoms with van der Waals surface area (Å²) < 4.78 is 5.34. The van der Waals surface area contributed by atoms with Crippen LogP contribution in [0.3, 0.4) is 0 Å². The number of pyridine rings is 1. The van der Waals surface area contributed by atoms with E-state index in [1.807, 2.05) is 43.3 Å². The maximum absolute atomic E-state index is 13.2. The zero-order valence-corrected chi connectivity index (χ0v) is 17.7. The number of anilines is 1. The summed E-state index contributed by atoms with van der Waals surface area (Å²) in [5.41, 5.74) is 1.63. The fourth-order valence-electron chi connectivity index (χ4n) is 3.28. The fourth-order valence-corrected chi connectivity index (χ4v) is 4.10. The van der Waals surface area contributed by atoms with E-state index in [4.69, 9.17) is 9.72 Å². The Kier molecular flexibility index (Phi) is 5.64. The van der Waals surface area contributed by atoms with Crippen LogP contribution < -0.4 is 10.1 Å². The number of hydrogen-bond acceptors (Lipinski definition) is 6. The predicted molar refractivity (Wildman–Crippen MR) is 122 cm³/mol. The van der Waals surface area contributed by atoms with Gasteiger partial charge in [0.2, 0.25) is 0 Å². The summed E-state index contributed by atoms with van der Waals surface area (Å²) in [7, 11) is 0. The quantitative estimate of drug-likeness (QED) is 0.305. The molecular formula is C23H19N3O4S. The van der Waals surface area contributed by atoms with Crippen molar-refractivity contribution in [3.05, 3.63) is 81.2 Å². The molecule has 0 aliphatic rings. The van der Waals surface area contributed by atoms with Gasteiger partial charge in [0, 0.05) is 10.3 Å². The van der Waals surface area contributed by atoms with Crippen molar-refractivity contribution in [3.63, 3.8) is 0 Å². The Bertz CT molecular complexity index is 1300. The molecular weight excluding hydrogens is 414 g/mol. The summed E-state index contributed by atoms with van der Waals surface area (Å²) in [5.74, 6) is -0.0719. The number of aromatic nitrogens is 1. The lowest BCUT2D eigenvalue weighted by atomic mass is 10.1. The van der Waals surface area contributed by atoms with E-state index >= 15 is 0 Å². The summed E-state index contributed by atoms with van der Waals surface area (Å²) >= 11 is 1.59. The molecule has 0 fully saturated rings. The molecule has 0 saturated heterocycles. The van der Waals surface area contributed by atoms with Crippen molar-refractivity contribution in [2.75, 3.05) is 11.9 Å². The van der Waals surface area contributed by atoms with Gasteiger partial charge in [0.05, 0.1) is 39.2 Å². The highest BCUT2D eigenvalue weighted by molar-refractivity contribution is 7.15. The minimum Gasteiger partial charge on any atom is -0.494 e. The van der Waals surface area contributed by atoms with Crippen molar-refractivity contribution in [3.8, 4) is 16.3 Å². The Morgan fingerprint density at radius 2 is 1.97 bits per heavy atom. The van der Waals surface area contributed by atoms with Gasteiger partial charge in [-0.05, 0) is 50.2 Å². The molecule has 2 heterocycles. The number of fused-ring (bicyclic) bond motifs is 1. The van der Waals surface area contributed by atoms with Gasteiger partial charge in [0.25, 0.3) is 11.6 Å². The highest BCUT2D eigenvalue weighted by atomic mass is 32.1. The SMILES string of the molecule is CCOc1ccc(NC(=O)c2cc(-c3ccc(C)s3)nc3ccccc23)c([N+](=O)[O-])c1. The van der Waals surface area contributed by atoms with E-state index in [2.05, 4.69) is 5.32 Å². The van der Waals surface area contributed by atoms with Crippen LogP contribution in [0.5, 0.6) is 5.75 Å². The van der Waals surface area contributed by atoms with Crippen LogP contribution in [-0.4, -0.2) is 22.4 Å². The van der Waals surface area contributed by atoms with Crippen molar-refractivity contribution < 1.29 is 14.5 Å². The van der Waals surface area contributed by atoms with Gasteiger partial charge in [-0.1, -0.05) is 18.2 Å². The van der Waals surface area contributed by atoms with Crippen LogP contribution in [-0.2, 0) is 0 Å². The lowest BCUT2D eigenvalue weighted by Gasteiger charge is -2.11. The molecule has 0 radical (unpaired) electrons. The number of ether oxygens (including phenoxy) is 1. The van der Waals surface area contributed by atoms with Crippen LogP contribution in [0.2, 0.25) is 0 Å². The smallest absolute Gasteiger partial charge is 0.296 e. The van der Waals surface area contributed by atoms with Gasteiger partial charge in [0.1, 0.15) is 11.4 Å². The molecule has 31 heavy (non-hydrogen) atoms. The van der Waals surface area contributed by atoms with E-state index in [9.17, 15) is 14.9 Å². The van der Waals surface area contributed by atoms with Gasteiger partial charge in [-0.3, -0.25) is 14.9 Å². The first-order valence-corrected chi connectivity index (χ1v) is 10.5. The maximum atomic E-state index is 13.2. The second-order valence-electron chi connectivity index (χ2n) is 6.81. The van der Waals surface area contributed by atoms with Crippen molar-refractivity contribution in [2.24, 2.45) is 0 Å². The van der Waals surface area contributed by atoms with Crippen LogP contribution in [0, 0.1) is 17.0 Å². The topological polar surface area (TPSA) is 94.4 Å². The summed E-state index contributed by atoms with van der Waals surface area (Å²) in [5, 5.41) is 14.9. The van der Waals surface area contributed by atoms with Crippen LogP contribution in [0.1, 0.15) is 22.2 Å². The number of thiophene rings is 1.